The van der Waals surface area contributed by atoms with Crippen LogP contribution in [0.25, 0.3) is 0 Å². The van der Waals surface area contributed by atoms with Gasteiger partial charge in [-0.1, -0.05) is 71.8 Å². The van der Waals surface area contributed by atoms with Crippen LogP contribution in [0.3, 0.4) is 0 Å². The van der Waals surface area contributed by atoms with E-state index in [1.165, 1.54) is 12.0 Å². The van der Waals surface area contributed by atoms with Gasteiger partial charge in [0.1, 0.15) is 29.8 Å². The fourth-order valence-electron chi connectivity index (χ4n) is 7.24. The number of fused-ring (bicyclic) bond motifs is 2. The Labute approximate surface area is 272 Å². The molecular formula is C33H42BrN3O8. The van der Waals surface area contributed by atoms with Crippen LogP contribution in [0.5, 0.6) is 0 Å². The summed E-state index contributed by atoms with van der Waals surface area (Å²) in [5.74, 6) is -3.80. The van der Waals surface area contributed by atoms with E-state index < -0.39 is 53.6 Å². The minimum atomic E-state index is -1.43. The molecule has 12 heteroatoms. The summed E-state index contributed by atoms with van der Waals surface area (Å²) in [7, 11) is 1.51. The molecule has 5 rings (SSSR count). The second-order valence-electron chi connectivity index (χ2n) is 12.1. The molecule has 45 heavy (non-hydrogen) atoms. The number of hydrogen-bond acceptors (Lipinski definition) is 8. The third-order valence-corrected chi connectivity index (χ3v) is 9.91. The molecule has 244 valence electrons. The second kappa shape index (κ2) is 14.1. The van der Waals surface area contributed by atoms with Gasteiger partial charge < -0.3 is 34.4 Å². The summed E-state index contributed by atoms with van der Waals surface area (Å²) in [6.07, 6.45) is 5.90. The van der Waals surface area contributed by atoms with Crippen molar-refractivity contribution in [2.45, 2.75) is 75.5 Å². The Morgan fingerprint density at radius 2 is 1.89 bits per heavy atom. The lowest BCUT2D eigenvalue weighted by Crippen LogP contribution is -2.57. The molecule has 0 aliphatic carbocycles. The summed E-state index contributed by atoms with van der Waals surface area (Å²) in [6, 6.07) is 7.10. The number of nitrogens with zero attached hydrogens (tertiary/aromatic N) is 2. The maximum absolute atomic E-state index is 14.6. The van der Waals surface area contributed by atoms with Crippen molar-refractivity contribution in [3.63, 3.8) is 0 Å². The predicted molar refractivity (Wildman–Crippen MR) is 168 cm³/mol. The Bertz CT molecular complexity index is 1340. The minimum absolute atomic E-state index is 0.0695. The molecule has 8 atom stereocenters. The number of aliphatic hydroxyl groups is 1. The number of carbonyl (C=O) groups is 4. The topological polar surface area (TPSA) is 135 Å². The van der Waals surface area contributed by atoms with Crippen LogP contribution >= 0.6 is 15.9 Å². The van der Waals surface area contributed by atoms with E-state index in [0.717, 1.165) is 12.8 Å². The number of likely N-dealkylation sites (tertiary alicyclic amines) is 1. The van der Waals surface area contributed by atoms with Crippen molar-refractivity contribution in [2.24, 2.45) is 11.8 Å². The first-order chi connectivity index (χ1) is 21.7. The quantitative estimate of drug-likeness (QED) is 0.315. The van der Waals surface area contributed by atoms with Gasteiger partial charge >= 0.3 is 5.97 Å². The molecule has 4 aliphatic heterocycles. The average Bonchev–Trinajstić information content (AvgIpc) is 3.60. The molecular weight excluding hydrogens is 646 g/mol. The lowest BCUT2D eigenvalue weighted by Gasteiger charge is -2.38. The summed E-state index contributed by atoms with van der Waals surface area (Å²) in [5, 5.41) is 13.0. The number of benzene rings is 1. The summed E-state index contributed by atoms with van der Waals surface area (Å²) in [5.41, 5.74) is -0.784. The van der Waals surface area contributed by atoms with Gasteiger partial charge in [0.05, 0.1) is 25.2 Å². The number of halogens is 1. The maximum atomic E-state index is 14.6. The Balaban J connectivity index is 1.62. The molecule has 4 heterocycles. The zero-order valence-electron chi connectivity index (χ0n) is 25.9. The average molecular weight is 689 g/mol. The van der Waals surface area contributed by atoms with Crippen LogP contribution in [0.2, 0.25) is 0 Å². The normalized spacial score (nSPS) is 33.5. The van der Waals surface area contributed by atoms with Crippen LogP contribution in [-0.2, 0) is 33.4 Å². The molecule has 4 aliphatic rings. The number of cyclic esters (lactones) is 1. The van der Waals surface area contributed by atoms with Gasteiger partial charge in [-0.05, 0) is 31.4 Å². The van der Waals surface area contributed by atoms with Crippen molar-refractivity contribution < 1.29 is 38.5 Å². The number of carbonyl (C=O) groups excluding carboxylic acids is 4. The zero-order chi connectivity index (χ0) is 32.3. The molecule has 0 radical (unpaired) electrons. The number of nitrogens with one attached hydrogen (secondary N) is 1. The number of esters is 1. The highest BCUT2D eigenvalue weighted by Crippen LogP contribution is 2.59. The van der Waals surface area contributed by atoms with Crippen molar-refractivity contribution in [3.05, 3.63) is 58.6 Å². The third-order valence-electron chi connectivity index (χ3n) is 9.23. The van der Waals surface area contributed by atoms with Crippen LogP contribution in [0.4, 0.5) is 0 Å². The number of methoxy groups -OCH3 is 1. The van der Waals surface area contributed by atoms with E-state index in [1.807, 2.05) is 44.2 Å². The first-order valence-corrected chi connectivity index (χ1v) is 16.4. The lowest BCUT2D eigenvalue weighted by atomic mass is 9.74. The first-order valence-electron chi connectivity index (χ1n) is 15.6. The predicted octanol–water partition coefficient (Wildman–Crippen LogP) is 2.63. The van der Waals surface area contributed by atoms with Gasteiger partial charge in [-0.25, -0.2) is 0 Å². The standard InChI is InChI=1S/C33H42BrN3O8/c1-4-11-20(2)36-15-10-6-9-14-24(39)35-23(19-43-3)27(21-12-7-5-8-13-21)44-32(42)25-26-30(40)37(16-17-38)29(31(36)41)33(26)18-22(34)28(25)45-33/h5-8,10,12-13,18,20,23,25-29,38H,4,9,11,14-17,19H2,1-3H3,(H,35,39)/b10-6-/t20?,23-,25+,26-,27-,28+,29+,33-/m1/s1. The van der Waals surface area contributed by atoms with Crippen molar-refractivity contribution in [1.29, 1.82) is 0 Å². The van der Waals surface area contributed by atoms with E-state index >= 15 is 0 Å². The number of hydrogen-bond donors (Lipinski definition) is 2. The van der Waals surface area contributed by atoms with Crippen LogP contribution in [-0.4, -0.2) is 102 Å². The Kier molecular flexibility index (Phi) is 10.5. The zero-order valence-corrected chi connectivity index (χ0v) is 27.5. The Morgan fingerprint density at radius 3 is 2.58 bits per heavy atom. The molecule has 5 bridgehead atoms. The van der Waals surface area contributed by atoms with Gasteiger partial charge in [-0.2, -0.15) is 0 Å². The van der Waals surface area contributed by atoms with Gasteiger partial charge in [0.2, 0.25) is 17.7 Å². The minimum Gasteiger partial charge on any atom is -0.455 e. The van der Waals surface area contributed by atoms with Gasteiger partial charge in [-0.15, -0.1) is 0 Å². The molecule has 1 aromatic rings. The molecule has 3 amide bonds. The molecule has 1 unspecified atom stereocenters. The molecule has 1 aromatic carbocycles. The van der Waals surface area contributed by atoms with E-state index in [4.69, 9.17) is 14.2 Å². The Hall–Kier alpha value is -3.06. The van der Waals surface area contributed by atoms with E-state index in [0.29, 0.717) is 16.5 Å². The first kappa shape index (κ1) is 33.3. The lowest BCUT2D eigenvalue weighted by molar-refractivity contribution is -0.162. The largest absolute Gasteiger partial charge is 0.455 e. The summed E-state index contributed by atoms with van der Waals surface area (Å²) >= 11 is 3.57. The molecule has 1 spiro atoms. The van der Waals surface area contributed by atoms with Gasteiger partial charge in [0.25, 0.3) is 0 Å². The van der Waals surface area contributed by atoms with Gasteiger partial charge in [-0.3, -0.25) is 19.2 Å². The van der Waals surface area contributed by atoms with Crippen molar-refractivity contribution >= 4 is 39.6 Å². The van der Waals surface area contributed by atoms with Crippen LogP contribution in [0, 0.1) is 11.8 Å². The highest BCUT2D eigenvalue weighted by atomic mass is 79.9. The summed E-state index contributed by atoms with van der Waals surface area (Å²) < 4.78 is 18.8. The summed E-state index contributed by atoms with van der Waals surface area (Å²) in [6.45, 7) is 3.89. The number of rotatable bonds is 8. The third kappa shape index (κ3) is 6.22. The molecule has 2 fully saturated rings. The molecule has 2 N–H and O–H groups in total. The Morgan fingerprint density at radius 1 is 1.13 bits per heavy atom. The number of ether oxygens (including phenoxy) is 3. The van der Waals surface area contributed by atoms with Crippen LogP contribution in [0.15, 0.2) is 53.0 Å². The van der Waals surface area contributed by atoms with Crippen LogP contribution in [0.1, 0.15) is 51.2 Å². The van der Waals surface area contributed by atoms with Gasteiger partial charge in [0.15, 0.2) is 0 Å². The summed E-state index contributed by atoms with van der Waals surface area (Å²) in [4.78, 5) is 59.2. The van der Waals surface area contributed by atoms with Crippen molar-refractivity contribution in [2.75, 3.05) is 33.4 Å². The van der Waals surface area contributed by atoms with E-state index in [1.54, 1.807) is 23.1 Å². The molecule has 11 nitrogen and oxygen atoms in total. The highest BCUT2D eigenvalue weighted by Gasteiger charge is 2.75. The number of amides is 3. The molecule has 0 saturated carbocycles. The van der Waals surface area contributed by atoms with Crippen LogP contribution < -0.4 is 5.32 Å². The van der Waals surface area contributed by atoms with E-state index in [-0.39, 0.29) is 50.6 Å². The monoisotopic (exact) mass is 687 g/mol. The van der Waals surface area contributed by atoms with Gasteiger partial charge in [0, 0.05) is 37.1 Å². The fraction of sp³-hybridized carbons (Fsp3) is 0.576. The maximum Gasteiger partial charge on any atom is 0.313 e. The van der Waals surface area contributed by atoms with Crippen molar-refractivity contribution in [1.82, 2.24) is 15.1 Å². The van der Waals surface area contributed by atoms with E-state index in [9.17, 15) is 24.3 Å². The fourth-order valence-corrected chi connectivity index (χ4v) is 7.98. The number of β-amino-alcohol motifs (C(OH)–C–C–N with tert-alkyl or cyclic N) is 1. The molecule has 2 saturated heterocycles. The number of allylic oxidation sites excluding steroid dienone is 1. The molecule has 0 aromatic heterocycles. The second-order valence-corrected chi connectivity index (χ2v) is 13.0. The highest BCUT2D eigenvalue weighted by molar-refractivity contribution is 9.11. The van der Waals surface area contributed by atoms with Crippen molar-refractivity contribution in [3.8, 4) is 0 Å². The SMILES string of the molecule is CCCC(C)N1C/C=C\CCC(=O)N[C@H](COC)[C@@H](c2ccccc2)OC(=O)[C@@H]2[C@H]3O[C@@]4(C=C3Br)[C@H](C1=O)N(CCO)C(=O)[C@@H]24. The van der Waals surface area contributed by atoms with E-state index in [2.05, 4.69) is 21.2 Å². The number of aliphatic hydroxyl groups excluding tert-OH is 1. The smallest absolute Gasteiger partial charge is 0.313 e.